The third kappa shape index (κ3) is 3.72. The fourth-order valence-electron chi connectivity index (χ4n) is 2.64. The Labute approximate surface area is 151 Å². The first-order chi connectivity index (χ1) is 12.0. The Morgan fingerprint density at radius 2 is 1.84 bits per heavy atom. The van der Waals surface area contributed by atoms with Gasteiger partial charge >= 0.3 is 0 Å². The predicted octanol–water partition coefficient (Wildman–Crippen LogP) is 4.23. The van der Waals surface area contributed by atoms with E-state index in [0.717, 1.165) is 26.9 Å². The van der Waals surface area contributed by atoms with E-state index in [-0.39, 0.29) is 18.4 Å². The Kier molecular flexibility index (Phi) is 4.86. The molecule has 25 heavy (non-hydrogen) atoms. The maximum Gasteiger partial charge on any atom is 0.264 e. The standard InChI is InChI=1S/C20H20N2O2S/c1-13-7-6-9-16(14(13)2)21-19(23)12-22(3)20(24)18-11-15-8-4-5-10-17(15)25-18/h4-11H,12H2,1-3H3,(H,21,23). The fourth-order valence-corrected chi connectivity index (χ4v) is 3.70. The normalized spacial score (nSPS) is 10.7. The molecule has 3 aromatic rings. The number of thiophene rings is 1. The van der Waals surface area contributed by atoms with Crippen molar-refractivity contribution in [1.29, 1.82) is 0 Å². The highest BCUT2D eigenvalue weighted by Gasteiger charge is 2.17. The minimum atomic E-state index is -0.203. The van der Waals surface area contributed by atoms with Gasteiger partial charge in [-0.25, -0.2) is 0 Å². The Bertz CT molecular complexity index is 913. The number of amides is 2. The summed E-state index contributed by atoms with van der Waals surface area (Å²) in [6, 6.07) is 15.5. The summed E-state index contributed by atoms with van der Waals surface area (Å²) >= 11 is 1.45. The van der Waals surface area contributed by atoms with Gasteiger partial charge < -0.3 is 10.2 Å². The van der Waals surface area contributed by atoms with Crippen LogP contribution >= 0.6 is 11.3 Å². The smallest absolute Gasteiger partial charge is 0.264 e. The quantitative estimate of drug-likeness (QED) is 0.764. The van der Waals surface area contributed by atoms with Gasteiger partial charge in [-0.2, -0.15) is 0 Å². The van der Waals surface area contributed by atoms with Crippen LogP contribution in [0.5, 0.6) is 0 Å². The van der Waals surface area contributed by atoms with E-state index in [0.29, 0.717) is 4.88 Å². The van der Waals surface area contributed by atoms with Crippen LogP contribution in [0.4, 0.5) is 5.69 Å². The van der Waals surface area contributed by atoms with Crippen molar-refractivity contribution in [2.45, 2.75) is 13.8 Å². The predicted molar refractivity (Wildman–Crippen MR) is 103 cm³/mol. The van der Waals surface area contributed by atoms with Crippen molar-refractivity contribution in [3.05, 3.63) is 64.5 Å². The molecular formula is C20H20N2O2S. The molecule has 0 unspecified atom stereocenters. The summed E-state index contributed by atoms with van der Waals surface area (Å²) in [5.74, 6) is -0.344. The first-order valence-electron chi connectivity index (χ1n) is 8.06. The number of hydrogen-bond donors (Lipinski definition) is 1. The number of fused-ring (bicyclic) bond motifs is 1. The van der Waals surface area contributed by atoms with Crippen molar-refractivity contribution in [1.82, 2.24) is 4.90 Å². The van der Waals surface area contributed by atoms with E-state index in [9.17, 15) is 9.59 Å². The molecule has 2 amide bonds. The fraction of sp³-hybridized carbons (Fsp3) is 0.200. The molecular weight excluding hydrogens is 332 g/mol. The Morgan fingerprint density at radius 1 is 1.08 bits per heavy atom. The Hall–Kier alpha value is -2.66. The SMILES string of the molecule is Cc1cccc(NC(=O)CN(C)C(=O)c2cc3ccccc3s2)c1C. The van der Waals surface area contributed by atoms with Crippen LogP contribution in [0, 0.1) is 13.8 Å². The summed E-state index contributed by atoms with van der Waals surface area (Å²) < 4.78 is 1.07. The first kappa shape index (κ1) is 17.2. The number of likely N-dealkylation sites (N-methyl/N-ethyl adjacent to an activating group) is 1. The lowest BCUT2D eigenvalue weighted by Crippen LogP contribution is -2.34. The summed E-state index contributed by atoms with van der Waals surface area (Å²) in [6.07, 6.45) is 0. The van der Waals surface area contributed by atoms with Crippen LogP contribution in [0.3, 0.4) is 0 Å². The molecule has 0 spiro atoms. The van der Waals surface area contributed by atoms with E-state index in [1.807, 2.05) is 62.4 Å². The molecule has 3 rings (SSSR count). The van der Waals surface area contributed by atoms with Crippen molar-refractivity contribution in [3.63, 3.8) is 0 Å². The zero-order valence-corrected chi connectivity index (χ0v) is 15.3. The molecule has 0 aliphatic rings. The zero-order chi connectivity index (χ0) is 18.0. The van der Waals surface area contributed by atoms with Gasteiger partial charge in [0.2, 0.25) is 5.91 Å². The largest absolute Gasteiger partial charge is 0.332 e. The molecule has 0 saturated carbocycles. The number of benzene rings is 2. The molecule has 2 aromatic carbocycles. The second-order valence-electron chi connectivity index (χ2n) is 6.11. The van der Waals surface area contributed by atoms with E-state index in [2.05, 4.69) is 5.32 Å². The molecule has 5 heteroatoms. The molecule has 0 bridgehead atoms. The van der Waals surface area contributed by atoms with Crippen molar-refractivity contribution >= 4 is 38.9 Å². The summed E-state index contributed by atoms with van der Waals surface area (Å²) in [5.41, 5.74) is 2.94. The number of hydrogen-bond acceptors (Lipinski definition) is 3. The Morgan fingerprint density at radius 3 is 2.60 bits per heavy atom. The van der Waals surface area contributed by atoms with Crippen LogP contribution in [-0.2, 0) is 4.79 Å². The lowest BCUT2D eigenvalue weighted by atomic mass is 10.1. The number of anilines is 1. The van der Waals surface area contributed by atoms with Gasteiger partial charge in [-0.1, -0.05) is 30.3 Å². The van der Waals surface area contributed by atoms with Gasteiger partial charge in [0.05, 0.1) is 11.4 Å². The summed E-state index contributed by atoms with van der Waals surface area (Å²) in [6.45, 7) is 3.99. The molecule has 0 atom stereocenters. The third-order valence-electron chi connectivity index (χ3n) is 4.24. The van der Waals surface area contributed by atoms with Gasteiger partial charge in [0, 0.05) is 17.4 Å². The van der Waals surface area contributed by atoms with Crippen LogP contribution in [-0.4, -0.2) is 30.3 Å². The number of carbonyl (C=O) groups excluding carboxylic acids is 2. The van der Waals surface area contributed by atoms with Gasteiger partial charge in [0.1, 0.15) is 0 Å². The minimum Gasteiger partial charge on any atom is -0.332 e. The maximum absolute atomic E-state index is 12.6. The topological polar surface area (TPSA) is 49.4 Å². The molecule has 0 aliphatic carbocycles. The van der Waals surface area contributed by atoms with Crippen LogP contribution in [0.25, 0.3) is 10.1 Å². The lowest BCUT2D eigenvalue weighted by Gasteiger charge is -2.17. The molecule has 0 radical (unpaired) electrons. The average Bonchev–Trinajstić information content (AvgIpc) is 3.02. The molecule has 128 valence electrons. The van der Waals surface area contributed by atoms with E-state index in [4.69, 9.17) is 0 Å². The Balaban J connectivity index is 1.68. The molecule has 0 saturated heterocycles. The van der Waals surface area contributed by atoms with Gasteiger partial charge in [0.25, 0.3) is 5.91 Å². The monoisotopic (exact) mass is 352 g/mol. The lowest BCUT2D eigenvalue weighted by molar-refractivity contribution is -0.116. The van der Waals surface area contributed by atoms with Crippen LogP contribution in [0.15, 0.2) is 48.5 Å². The van der Waals surface area contributed by atoms with E-state index in [1.165, 1.54) is 16.2 Å². The van der Waals surface area contributed by atoms with Gasteiger partial charge in [0.15, 0.2) is 0 Å². The van der Waals surface area contributed by atoms with E-state index >= 15 is 0 Å². The van der Waals surface area contributed by atoms with E-state index in [1.54, 1.807) is 7.05 Å². The van der Waals surface area contributed by atoms with Crippen LogP contribution < -0.4 is 5.32 Å². The van der Waals surface area contributed by atoms with Crippen LogP contribution in [0.2, 0.25) is 0 Å². The molecule has 1 aromatic heterocycles. The molecule has 0 fully saturated rings. The van der Waals surface area contributed by atoms with Crippen molar-refractivity contribution in [2.75, 3.05) is 18.9 Å². The average molecular weight is 352 g/mol. The molecule has 0 aliphatic heterocycles. The van der Waals surface area contributed by atoms with Gasteiger partial charge in [-0.3, -0.25) is 9.59 Å². The zero-order valence-electron chi connectivity index (χ0n) is 14.5. The highest BCUT2D eigenvalue weighted by molar-refractivity contribution is 7.20. The third-order valence-corrected chi connectivity index (χ3v) is 5.35. The highest BCUT2D eigenvalue weighted by Crippen LogP contribution is 2.26. The number of nitrogens with one attached hydrogen (secondary N) is 1. The molecule has 1 N–H and O–H groups in total. The minimum absolute atomic E-state index is 0.0143. The van der Waals surface area contributed by atoms with Crippen LogP contribution in [0.1, 0.15) is 20.8 Å². The summed E-state index contributed by atoms with van der Waals surface area (Å²) in [4.78, 5) is 27.0. The number of nitrogens with zero attached hydrogens (tertiary/aromatic N) is 1. The summed E-state index contributed by atoms with van der Waals surface area (Å²) in [5, 5.41) is 3.93. The van der Waals surface area contributed by atoms with Crippen molar-refractivity contribution in [2.24, 2.45) is 0 Å². The van der Waals surface area contributed by atoms with Crippen molar-refractivity contribution in [3.8, 4) is 0 Å². The first-order valence-corrected chi connectivity index (χ1v) is 8.87. The van der Waals surface area contributed by atoms with Gasteiger partial charge in [-0.15, -0.1) is 11.3 Å². The second-order valence-corrected chi connectivity index (χ2v) is 7.19. The maximum atomic E-state index is 12.6. The number of rotatable bonds is 4. The van der Waals surface area contributed by atoms with Crippen molar-refractivity contribution < 1.29 is 9.59 Å². The van der Waals surface area contributed by atoms with Gasteiger partial charge in [-0.05, 0) is 48.6 Å². The molecule has 4 nitrogen and oxygen atoms in total. The molecule has 1 heterocycles. The highest BCUT2D eigenvalue weighted by atomic mass is 32.1. The summed E-state index contributed by atoms with van der Waals surface area (Å²) in [7, 11) is 1.65. The number of carbonyl (C=O) groups is 2. The number of aryl methyl sites for hydroxylation is 1. The second kappa shape index (κ2) is 7.07. The van der Waals surface area contributed by atoms with E-state index < -0.39 is 0 Å².